The predicted octanol–water partition coefficient (Wildman–Crippen LogP) is 4.69. The predicted molar refractivity (Wildman–Crippen MR) is 108 cm³/mol. The normalized spacial score (nSPS) is 10.7. The molecule has 2 aromatic carbocycles. The van der Waals surface area contributed by atoms with Gasteiger partial charge in [0.05, 0.1) is 10.4 Å². The van der Waals surface area contributed by atoms with Crippen LogP contribution in [-0.2, 0) is 11.3 Å². The number of hydrogen-bond acceptors (Lipinski definition) is 7. The van der Waals surface area contributed by atoms with Crippen LogP contribution in [0.1, 0.15) is 37.0 Å². The molecule has 144 valence electrons. The minimum absolute atomic E-state index is 0.179. The minimum atomic E-state index is -0.624. The first kappa shape index (κ1) is 18.8. The molecule has 4 aromatic rings. The van der Waals surface area contributed by atoms with Crippen LogP contribution in [0.15, 0.2) is 70.6 Å². The molecule has 0 bridgehead atoms. The maximum atomic E-state index is 12.7. The van der Waals surface area contributed by atoms with Crippen LogP contribution in [0.3, 0.4) is 0 Å². The van der Waals surface area contributed by atoms with Crippen LogP contribution in [0.5, 0.6) is 0 Å². The number of aryl methyl sites for hydroxylation is 1. The maximum absolute atomic E-state index is 12.7. The number of benzene rings is 2. The van der Waals surface area contributed by atoms with Crippen LogP contribution in [0.4, 0.5) is 0 Å². The molecule has 0 aliphatic heterocycles. The molecule has 0 radical (unpaired) electrons. The first-order valence-corrected chi connectivity index (χ1v) is 9.74. The molecule has 7 heteroatoms. The van der Waals surface area contributed by atoms with Crippen LogP contribution in [0, 0.1) is 6.92 Å². The second-order valence-electron chi connectivity index (χ2n) is 6.25. The van der Waals surface area contributed by atoms with Crippen molar-refractivity contribution in [2.24, 2.45) is 0 Å². The van der Waals surface area contributed by atoms with Gasteiger partial charge in [0.25, 0.3) is 5.89 Å². The topological polar surface area (TPSA) is 82.3 Å². The summed E-state index contributed by atoms with van der Waals surface area (Å²) in [5, 5.41) is 5.76. The third kappa shape index (κ3) is 4.00. The molecule has 0 saturated carbocycles. The Morgan fingerprint density at radius 2 is 1.76 bits per heavy atom. The average molecular weight is 404 g/mol. The van der Waals surface area contributed by atoms with E-state index in [9.17, 15) is 9.59 Å². The Labute approximate surface area is 170 Å². The van der Waals surface area contributed by atoms with Crippen molar-refractivity contribution in [2.75, 3.05) is 0 Å². The Morgan fingerprint density at radius 3 is 2.52 bits per heavy atom. The van der Waals surface area contributed by atoms with Crippen LogP contribution in [0.25, 0.3) is 11.4 Å². The number of rotatable bonds is 6. The number of esters is 1. The molecule has 29 heavy (non-hydrogen) atoms. The van der Waals surface area contributed by atoms with Crippen molar-refractivity contribution < 1.29 is 18.8 Å². The Bertz CT molecular complexity index is 1170. The zero-order chi connectivity index (χ0) is 20.2. The number of carbonyl (C=O) groups is 2. The first-order valence-electron chi connectivity index (χ1n) is 8.86. The number of ether oxygens (including phenoxy) is 1. The third-order valence-corrected chi connectivity index (χ3v) is 5.19. The van der Waals surface area contributed by atoms with E-state index in [1.165, 1.54) is 11.3 Å². The first-order chi connectivity index (χ1) is 14.1. The van der Waals surface area contributed by atoms with E-state index < -0.39 is 5.97 Å². The van der Waals surface area contributed by atoms with Gasteiger partial charge in [-0.05, 0) is 30.0 Å². The summed E-state index contributed by atoms with van der Waals surface area (Å²) in [4.78, 5) is 30.1. The van der Waals surface area contributed by atoms with Gasteiger partial charge in [-0.15, -0.1) is 11.3 Å². The van der Waals surface area contributed by atoms with Crippen LogP contribution in [0.2, 0.25) is 0 Å². The zero-order valence-electron chi connectivity index (χ0n) is 15.5. The van der Waals surface area contributed by atoms with E-state index >= 15 is 0 Å². The summed E-state index contributed by atoms with van der Waals surface area (Å²) in [7, 11) is 0. The quantitative estimate of drug-likeness (QED) is 0.342. The second-order valence-corrected chi connectivity index (χ2v) is 7.20. The van der Waals surface area contributed by atoms with E-state index in [4.69, 9.17) is 9.26 Å². The van der Waals surface area contributed by atoms with Crippen LogP contribution >= 0.6 is 11.3 Å². The average Bonchev–Trinajstić information content (AvgIpc) is 3.44. The lowest BCUT2D eigenvalue weighted by atomic mass is 10.0. The smallest absolute Gasteiger partial charge is 0.339 e. The molecule has 0 amide bonds. The van der Waals surface area contributed by atoms with Gasteiger partial charge < -0.3 is 9.26 Å². The summed E-state index contributed by atoms with van der Waals surface area (Å²) in [6.07, 6.45) is 0. The molecule has 2 aromatic heterocycles. The lowest BCUT2D eigenvalue weighted by molar-refractivity contribution is 0.0427. The van der Waals surface area contributed by atoms with Crippen molar-refractivity contribution >= 4 is 23.1 Å². The highest BCUT2D eigenvalue weighted by Crippen LogP contribution is 2.21. The Hall–Kier alpha value is -3.58. The van der Waals surface area contributed by atoms with Gasteiger partial charge in [-0.3, -0.25) is 4.79 Å². The van der Waals surface area contributed by atoms with E-state index in [1.807, 2.05) is 36.6 Å². The molecular weight excluding hydrogens is 388 g/mol. The molecule has 4 rings (SSSR count). The number of hydrogen-bond donors (Lipinski definition) is 0. The van der Waals surface area contributed by atoms with Gasteiger partial charge in [0.15, 0.2) is 6.61 Å². The van der Waals surface area contributed by atoms with Gasteiger partial charge in [0.1, 0.15) is 0 Å². The summed E-state index contributed by atoms with van der Waals surface area (Å²) in [5.74, 6) is -0.227. The van der Waals surface area contributed by atoms with Gasteiger partial charge in [-0.2, -0.15) is 4.98 Å². The Balaban J connectivity index is 1.49. The van der Waals surface area contributed by atoms with Gasteiger partial charge in [0.2, 0.25) is 11.6 Å². The highest BCUT2D eigenvalue weighted by molar-refractivity contribution is 7.12. The molecule has 0 N–H and O–H groups in total. The molecule has 0 aliphatic carbocycles. The summed E-state index contributed by atoms with van der Waals surface area (Å²) < 4.78 is 10.5. The lowest BCUT2D eigenvalue weighted by Gasteiger charge is -2.07. The van der Waals surface area contributed by atoms with Crippen molar-refractivity contribution in [3.05, 3.63) is 93.5 Å². The van der Waals surface area contributed by atoms with Crippen LogP contribution < -0.4 is 0 Å². The molecule has 2 heterocycles. The molecule has 0 saturated heterocycles. The van der Waals surface area contributed by atoms with Crippen molar-refractivity contribution in [3.63, 3.8) is 0 Å². The van der Waals surface area contributed by atoms with Gasteiger partial charge >= 0.3 is 5.97 Å². The molecule has 0 spiro atoms. The molecule has 0 atom stereocenters. The Kier molecular flexibility index (Phi) is 5.31. The van der Waals surface area contributed by atoms with E-state index in [1.54, 1.807) is 36.4 Å². The number of aromatic nitrogens is 2. The van der Waals surface area contributed by atoms with E-state index in [0.717, 1.165) is 11.1 Å². The molecule has 6 nitrogen and oxygen atoms in total. The zero-order valence-corrected chi connectivity index (χ0v) is 16.3. The number of thiophene rings is 1. The highest BCUT2D eigenvalue weighted by Gasteiger charge is 2.20. The highest BCUT2D eigenvalue weighted by atomic mass is 32.1. The van der Waals surface area contributed by atoms with Crippen molar-refractivity contribution in [2.45, 2.75) is 13.5 Å². The van der Waals surface area contributed by atoms with E-state index in [0.29, 0.717) is 16.3 Å². The fourth-order valence-corrected chi connectivity index (χ4v) is 3.53. The molecule has 0 fully saturated rings. The number of nitrogens with zero attached hydrogens (tertiary/aromatic N) is 2. The monoisotopic (exact) mass is 404 g/mol. The SMILES string of the molecule is Cc1ccccc1-c1noc(COC(=O)c2ccccc2C(=O)c2cccs2)n1. The fraction of sp³-hybridized carbons (Fsp3) is 0.0909. The standard InChI is InChI=1S/C22H16N2O4S/c1-14-7-2-3-8-15(14)21-23-19(28-24-21)13-27-22(26)17-10-5-4-9-16(17)20(25)18-11-6-12-29-18/h2-12H,13H2,1H3. The van der Waals surface area contributed by atoms with Crippen molar-refractivity contribution in [1.29, 1.82) is 0 Å². The largest absolute Gasteiger partial charge is 0.452 e. The Morgan fingerprint density at radius 1 is 1.00 bits per heavy atom. The second kappa shape index (κ2) is 8.20. The van der Waals surface area contributed by atoms with Crippen molar-refractivity contribution in [1.82, 2.24) is 10.1 Å². The van der Waals surface area contributed by atoms with Crippen molar-refractivity contribution in [3.8, 4) is 11.4 Å². The molecular formula is C22H16N2O4S. The minimum Gasteiger partial charge on any atom is -0.452 e. The van der Waals surface area contributed by atoms with Gasteiger partial charge in [0, 0.05) is 11.1 Å². The van der Waals surface area contributed by atoms with Crippen LogP contribution in [-0.4, -0.2) is 21.9 Å². The maximum Gasteiger partial charge on any atom is 0.339 e. The molecule has 0 unspecified atom stereocenters. The van der Waals surface area contributed by atoms with Gasteiger partial charge in [-0.25, -0.2) is 4.79 Å². The number of carbonyl (C=O) groups excluding carboxylic acids is 2. The third-order valence-electron chi connectivity index (χ3n) is 4.32. The lowest BCUT2D eigenvalue weighted by Crippen LogP contribution is -2.12. The fourth-order valence-electron chi connectivity index (χ4n) is 2.85. The van der Waals surface area contributed by atoms with E-state index in [-0.39, 0.29) is 23.8 Å². The summed E-state index contributed by atoms with van der Waals surface area (Å²) in [6.45, 7) is 1.77. The summed E-state index contributed by atoms with van der Waals surface area (Å²) in [6, 6.07) is 17.7. The number of ketones is 1. The van der Waals surface area contributed by atoms with E-state index in [2.05, 4.69) is 10.1 Å². The summed E-state index contributed by atoms with van der Waals surface area (Å²) in [5.41, 5.74) is 2.36. The summed E-state index contributed by atoms with van der Waals surface area (Å²) >= 11 is 1.32. The molecule has 0 aliphatic rings. The van der Waals surface area contributed by atoms with Gasteiger partial charge in [-0.1, -0.05) is 53.7 Å².